The lowest BCUT2D eigenvalue weighted by Gasteiger charge is -2.55. The second-order valence-corrected chi connectivity index (χ2v) is 11.6. The van der Waals surface area contributed by atoms with Gasteiger partial charge in [0.1, 0.15) is 12.1 Å². The molecule has 15 heteroatoms. The molecule has 0 aromatic carbocycles. The normalized spacial score (nSPS) is 25.5. The van der Waals surface area contributed by atoms with Crippen molar-refractivity contribution in [2.75, 3.05) is 26.1 Å². The van der Waals surface area contributed by atoms with Gasteiger partial charge in [0.25, 0.3) is 0 Å². The number of rotatable bonds is 18. The lowest BCUT2D eigenvalue weighted by molar-refractivity contribution is -0.132. The number of carbonyl (C=O) groups is 6. The van der Waals surface area contributed by atoms with E-state index in [2.05, 4.69) is 33.5 Å². The Bertz CT molecular complexity index is 980. The smallest absolute Gasteiger partial charge is 0.313 e. The summed E-state index contributed by atoms with van der Waals surface area (Å²) in [6.07, 6.45) is 6.67. The van der Waals surface area contributed by atoms with Crippen LogP contribution in [0.2, 0.25) is 6.32 Å². The molecule has 14 nitrogen and oxygen atoms in total. The SMILES string of the molecule is C[C@@]12OB(CNC(=O)C(CCCCN)NC(=O)CNC(=O)C(CCC(N)=O)NC(=O)CNC=O)C[C@@H]1CC1CC2C1. The average molecular weight is 577 g/mol. The Balaban J connectivity index is 1.49. The summed E-state index contributed by atoms with van der Waals surface area (Å²) in [5.41, 5.74) is 10.6. The van der Waals surface area contributed by atoms with E-state index >= 15 is 0 Å². The predicted molar refractivity (Wildman–Crippen MR) is 150 cm³/mol. The highest BCUT2D eigenvalue weighted by Gasteiger charge is 2.59. The molecule has 0 aromatic rings. The van der Waals surface area contributed by atoms with Crippen molar-refractivity contribution in [3.8, 4) is 0 Å². The van der Waals surface area contributed by atoms with Gasteiger partial charge in [-0.15, -0.1) is 0 Å². The first-order chi connectivity index (χ1) is 19.5. The summed E-state index contributed by atoms with van der Waals surface area (Å²) in [4.78, 5) is 72.0. The number of amides is 6. The van der Waals surface area contributed by atoms with Gasteiger partial charge in [-0.25, -0.2) is 0 Å². The number of carbonyl (C=O) groups excluding carboxylic acids is 6. The van der Waals surface area contributed by atoms with E-state index in [1.54, 1.807) is 0 Å². The Morgan fingerprint density at radius 2 is 1.59 bits per heavy atom. The van der Waals surface area contributed by atoms with Crippen LogP contribution < -0.4 is 38.1 Å². The molecule has 1 heterocycles. The summed E-state index contributed by atoms with van der Waals surface area (Å²) in [6, 6.07) is -1.97. The molecule has 4 atom stereocenters. The van der Waals surface area contributed by atoms with Crippen molar-refractivity contribution in [2.24, 2.45) is 29.2 Å². The Morgan fingerprint density at radius 1 is 0.951 bits per heavy atom. The molecule has 0 radical (unpaired) electrons. The Hall–Kier alpha value is -3.20. The van der Waals surface area contributed by atoms with E-state index < -0.39 is 42.3 Å². The average Bonchev–Trinajstić information content (AvgIpc) is 3.27. The highest BCUT2D eigenvalue weighted by Crippen LogP contribution is 2.59. The van der Waals surface area contributed by atoms with Crippen LogP contribution in [0.15, 0.2) is 0 Å². The van der Waals surface area contributed by atoms with E-state index in [0.717, 1.165) is 12.2 Å². The molecule has 4 fully saturated rings. The molecule has 228 valence electrons. The lowest BCUT2D eigenvalue weighted by atomic mass is 9.52. The highest BCUT2D eigenvalue weighted by atomic mass is 16.5. The van der Waals surface area contributed by atoms with Crippen molar-refractivity contribution in [3.05, 3.63) is 0 Å². The molecular formula is C26H44BN7O7. The molecule has 9 N–H and O–H groups in total. The summed E-state index contributed by atoms with van der Waals surface area (Å²) in [6.45, 7) is 1.77. The van der Waals surface area contributed by atoms with Gasteiger partial charge in [0.2, 0.25) is 35.9 Å². The van der Waals surface area contributed by atoms with Gasteiger partial charge >= 0.3 is 6.92 Å². The zero-order valence-corrected chi connectivity index (χ0v) is 23.7. The second-order valence-electron chi connectivity index (χ2n) is 11.6. The van der Waals surface area contributed by atoms with E-state index in [9.17, 15) is 28.8 Å². The van der Waals surface area contributed by atoms with Gasteiger partial charge in [-0.3, -0.25) is 28.8 Å². The zero-order chi connectivity index (χ0) is 30.0. The molecule has 3 saturated carbocycles. The van der Waals surface area contributed by atoms with Crippen LogP contribution in [-0.2, 0) is 33.4 Å². The zero-order valence-electron chi connectivity index (χ0n) is 23.7. The van der Waals surface area contributed by atoms with Crippen LogP contribution in [0, 0.1) is 17.8 Å². The molecule has 3 aliphatic carbocycles. The summed E-state index contributed by atoms with van der Waals surface area (Å²) >= 11 is 0. The first-order valence-electron chi connectivity index (χ1n) is 14.5. The topological polar surface area (TPSA) is 224 Å². The first-order valence-corrected chi connectivity index (χ1v) is 14.5. The summed E-state index contributed by atoms with van der Waals surface area (Å²) in [7, 11) is 0. The van der Waals surface area contributed by atoms with E-state index in [1.807, 2.05) is 0 Å². The van der Waals surface area contributed by atoms with Gasteiger partial charge in [0.05, 0.1) is 18.7 Å². The van der Waals surface area contributed by atoms with E-state index in [-0.39, 0.29) is 37.8 Å². The summed E-state index contributed by atoms with van der Waals surface area (Å²) in [5, 5.41) is 12.6. The lowest BCUT2D eigenvalue weighted by Crippen LogP contribution is -2.54. The molecule has 4 rings (SSSR count). The maximum atomic E-state index is 13.1. The van der Waals surface area contributed by atoms with Crippen LogP contribution in [0.25, 0.3) is 0 Å². The summed E-state index contributed by atoms with van der Waals surface area (Å²) < 4.78 is 6.44. The van der Waals surface area contributed by atoms with Crippen LogP contribution in [0.3, 0.4) is 0 Å². The largest absolute Gasteiger partial charge is 0.428 e. The minimum atomic E-state index is -1.15. The fourth-order valence-corrected chi connectivity index (χ4v) is 6.31. The van der Waals surface area contributed by atoms with Crippen LogP contribution in [0.1, 0.15) is 58.3 Å². The fourth-order valence-electron chi connectivity index (χ4n) is 6.31. The number of hydrogen-bond acceptors (Lipinski definition) is 8. The molecule has 6 amide bonds. The van der Waals surface area contributed by atoms with Crippen molar-refractivity contribution in [2.45, 2.75) is 82.3 Å². The van der Waals surface area contributed by atoms with E-state index in [4.69, 9.17) is 16.1 Å². The minimum absolute atomic E-state index is 0.0674. The molecule has 4 aliphatic rings. The maximum absolute atomic E-state index is 13.1. The van der Waals surface area contributed by atoms with Crippen LogP contribution >= 0.6 is 0 Å². The third-order valence-electron chi connectivity index (χ3n) is 8.65. The van der Waals surface area contributed by atoms with Gasteiger partial charge in [-0.05, 0) is 82.5 Å². The molecule has 1 aliphatic heterocycles. The van der Waals surface area contributed by atoms with Gasteiger partial charge in [-0.1, -0.05) is 0 Å². The number of unbranched alkanes of at least 4 members (excludes halogenated alkanes) is 1. The van der Waals surface area contributed by atoms with Crippen LogP contribution in [-0.4, -0.2) is 86.6 Å². The van der Waals surface area contributed by atoms with Crippen LogP contribution in [0.5, 0.6) is 0 Å². The van der Waals surface area contributed by atoms with Crippen molar-refractivity contribution in [3.63, 3.8) is 0 Å². The Labute approximate surface area is 240 Å². The molecule has 1 saturated heterocycles. The third-order valence-corrected chi connectivity index (χ3v) is 8.65. The monoisotopic (exact) mass is 577 g/mol. The van der Waals surface area contributed by atoms with Crippen molar-refractivity contribution < 1.29 is 33.4 Å². The number of hydrogen-bond donors (Lipinski definition) is 7. The molecular weight excluding hydrogens is 533 g/mol. The highest BCUT2D eigenvalue weighted by molar-refractivity contribution is 6.53. The number of nitrogens with two attached hydrogens (primary N) is 2. The van der Waals surface area contributed by atoms with Crippen molar-refractivity contribution in [1.29, 1.82) is 0 Å². The molecule has 0 spiro atoms. The van der Waals surface area contributed by atoms with Gasteiger partial charge < -0.3 is 42.7 Å². The van der Waals surface area contributed by atoms with Gasteiger partial charge in [0.15, 0.2) is 0 Å². The first kappa shape index (κ1) is 32.3. The van der Waals surface area contributed by atoms with Crippen LogP contribution in [0.4, 0.5) is 0 Å². The summed E-state index contributed by atoms with van der Waals surface area (Å²) in [5.74, 6) is -1.03. The van der Waals surface area contributed by atoms with Crippen molar-refractivity contribution >= 4 is 42.9 Å². The molecule has 2 unspecified atom stereocenters. The molecule has 0 aromatic heterocycles. The molecule has 41 heavy (non-hydrogen) atoms. The third kappa shape index (κ3) is 9.15. The van der Waals surface area contributed by atoms with Crippen molar-refractivity contribution in [1.82, 2.24) is 26.6 Å². The predicted octanol–water partition coefficient (Wildman–Crippen LogP) is -2.31. The maximum Gasteiger partial charge on any atom is 0.313 e. The fraction of sp³-hybridized carbons (Fsp3) is 0.769. The Kier molecular flexibility index (Phi) is 11.9. The standard InChI is InChI=1S/C26H44BN7O7/c1-26-17-8-16(9-17)10-18(26)11-27(41-26)14-32-25(40)19(4-2-3-7-28)33-23(38)13-31-24(39)20(5-6-21(29)36)34-22(37)12-30-15-35/h15-20H,2-14,28H2,1H3,(H2,29,36)(H,30,35)(H,31,39)(H,32,40)(H,33,38)(H,34,37)/t16?,17?,18-,19?,20?,26-/m0/s1. The quantitative estimate of drug-likeness (QED) is 0.0531. The van der Waals surface area contributed by atoms with E-state index in [1.165, 1.54) is 19.3 Å². The van der Waals surface area contributed by atoms with Gasteiger partial charge in [0, 0.05) is 12.9 Å². The number of primary amides is 1. The second kappa shape index (κ2) is 15.2. The minimum Gasteiger partial charge on any atom is -0.428 e. The van der Waals surface area contributed by atoms with Gasteiger partial charge in [-0.2, -0.15) is 0 Å². The number of nitrogens with one attached hydrogen (secondary N) is 5. The molecule has 2 bridgehead atoms. The van der Waals surface area contributed by atoms with E-state index in [0.29, 0.717) is 50.5 Å². The Morgan fingerprint density at radius 3 is 2.22 bits per heavy atom.